The van der Waals surface area contributed by atoms with Gasteiger partial charge in [-0.2, -0.15) is 0 Å². The van der Waals surface area contributed by atoms with Crippen LogP contribution in [0.4, 0.5) is 0 Å². The first kappa shape index (κ1) is 12.5. The molecule has 0 atom stereocenters. The molecular weight excluding hydrogens is 202 g/mol. The normalized spacial score (nSPS) is 19.2. The van der Waals surface area contributed by atoms with E-state index >= 15 is 0 Å². The van der Waals surface area contributed by atoms with E-state index in [-0.39, 0.29) is 5.91 Å². The molecule has 1 amide bonds. The first-order chi connectivity index (χ1) is 7.77. The third-order valence-corrected chi connectivity index (χ3v) is 2.39. The molecule has 2 rings (SSSR count). The van der Waals surface area contributed by atoms with Crippen LogP contribution < -0.4 is 0 Å². The number of aliphatic imine (C=N–C) groups is 1. The molecule has 0 bridgehead atoms. The lowest BCUT2D eigenvalue weighted by Crippen LogP contribution is -2.16. The monoisotopic (exact) mass is 221 g/mol. The number of hydrogen-bond acceptors (Lipinski definition) is 3. The summed E-state index contributed by atoms with van der Waals surface area (Å²) >= 11 is 0. The van der Waals surface area contributed by atoms with E-state index in [2.05, 4.69) is 16.5 Å². The lowest BCUT2D eigenvalue weighted by molar-refractivity contribution is -0.125. The van der Waals surface area contributed by atoms with Gasteiger partial charge in [-0.3, -0.25) is 9.79 Å². The van der Waals surface area contributed by atoms with E-state index < -0.39 is 0 Å². The lowest BCUT2D eigenvalue weighted by atomic mass is 10.4. The van der Waals surface area contributed by atoms with Crippen LogP contribution in [0.25, 0.3) is 0 Å². The largest absolute Gasteiger partial charge is 0.338 e. The van der Waals surface area contributed by atoms with Gasteiger partial charge in [0.2, 0.25) is 5.91 Å². The molecule has 0 N–H and O–H groups in total. The average Bonchev–Trinajstić information content (AvgIpc) is 2.91. The van der Waals surface area contributed by atoms with Crippen LogP contribution in [-0.2, 0) is 4.79 Å². The van der Waals surface area contributed by atoms with Crippen LogP contribution in [0.15, 0.2) is 30.0 Å². The Balaban J connectivity index is 0.000000160. The molecule has 0 aliphatic carbocycles. The molecule has 2 heterocycles. The van der Waals surface area contributed by atoms with Crippen molar-refractivity contribution in [2.24, 2.45) is 4.99 Å². The molecule has 16 heavy (non-hydrogen) atoms. The van der Waals surface area contributed by atoms with E-state index in [0.717, 1.165) is 26.1 Å². The van der Waals surface area contributed by atoms with E-state index in [1.54, 1.807) is 11.1 Å². The summed E-state index contributed by atoms with van der Waals surface area (Å²) in [5, 5.41) is 0. The number of hydrogen-bond donors (Lipinski definition) is 0. The first-order valence-electron chi connectivity index (χ1n) is 5.58. The Morgan fingerprint density at radius 1 is 1.50 bits per heavy atom. The molecule has 1 fully saturated rings. The van der Waals surface area contributed by atoms with Crippen molar-refractivity contribution in [3.8, 4) is 0 Å². The fourth-order valence-electron chi connectivity index (χ4n) is 1.56. The van der Waals surface area contributed by atoms with E-state index in [1.807, 2.05) is 25.5 Å². The molecule has 4 heteroatoms. The maximum atomic E-state index is 10.7. The smallest absolute Gasteiger partial charge is 0.226 e. The zero-order chi connectivity index (χ0) is 11.8. The molecular formula is C12H19N3O. The summed E-state index contributed by atoms with van der Waals surface area (Å²) in [6.07, 6.45) is 9.18. The van der Waals surface area contributed by atoms with Crippen LogP contribution >= 0.6 is 0 Å². The van der Waals surface area contributed by atoms with Gasteiger partial charge >= 0.3 is 0 Å². The summed E-state index contributed by atoms with van der Waals surface area (Å²) in [5.41, 5.74) is 0. The summed E-state index contributed by atoms with van der Waals surface area (Å²) in [7, 11) is 0. The summed E-state index contributed by atoms with van der Waals surface area (Å²) in [6, 6.07) is 0. The SMILES string of the molecule is C=CN1CCCC1=O.CC=CN1C=NCC1. The molecule has 2 aliphatic heterocycles. The van der Waals surface area contributed by atoms with Gasteiger partial charge in [0.1, 0.15) is 0 Å². The van der Waals surface area contributed by atoms with Crippen molar-refractivity contribution in [1.29, 1.82) is 0 Å². The zero-order valence-electron chi connectivity index (χ0n) is 9.80. The van der Waals surface area contributed by atoms with E-state index in [0.29, 0.717) is 6.42 Å². The number of allylic oxidation sites excluding steroid dienone is 1. The number of rotatable bonds is 2. The van der Waals surface area contributed by atoms with Crippen LogP contribution in [0.1, 0.15) is 19.8 Å². The van der Waals surface area contributed by atoms with Gasteiger partial charge in [-0.1, -0.05) is 12.7 Å². The quantitative estimate of drug-likeness (QED) is 0.710. The predicted molar refractivity (Wildman–Crippen MR) is 66.0 cm³/mol. The molecule has 0 aromatic heterocycles. The highest BCUT2D eigenvalue weighted by Gasteiger charge is 2.15. The fraction of sp³-hybridized carbons (Fsp3) is 0.500. The van der Waals surface area contributed by atoms with Crippen molar-refractivity contribution >= 4 is 12.2 Å². The maximum Gasteiger partial charge on any atom is 0.226 e. The van der Waals surface area contributed by atoms with Crippen molar-refractivity contribution in [2.75, 3.05) is 19.6 Å². The molecule has 1 saturated heterocycles. The van der Waals surface area contributed by atoms with Crippen LogP contribution in [0.5, 0.6) is 0 Å². The molecule has 0 aromatic rings. The number of likely N-dealkylation sites (tertiary alicyclic amines) is 1. The van der Waals surface area contributed by atoms with Gasteiger partial charge in [-0.25, -0.2) is 0 Å². The fourth-order valence-corrected chi connectivity index (χ4v) is 1.56. The van der Waals surface area contributed by atoms with Gasteiger partial charge in [-0.05, 0) is 19.5 Å². The van der Waals surface area contributed by atoms with Crippen molar-refractivity contribution in [1.82, 2.24) is 9.80 Å². The minimum Gasteiger partial charge on any atom is -0.338 e. The highest BCUT2D eigenvalue weighted by molar-refractivity contribution is 5.78. The summed E-state index contributed by atoms with van der Waals surface area (Å²) in [6.45, 7) is 8.36. The van der Waals surface area contributed by atoms with Crippen molar-refractivity contribution < 1.29 is 4.79 Å². The Morgan fingerprint density at radius 3 is 2.69 bits per heavy atom. The molecule has 0 aromatic carbocycles. The highest BCUT2D eigenvalue weighted by atomic mass is 16.2. The van der Waals surface area contributed by atoms with Crippen molar-refractivity contribution in [3.05, 3.63) is 25.1 Å². The molecule has 4 nitrogen and oxygen atoms in total. The van der Waals surface area contributed by atoms with Crippen LogP contribution in [-0.4, -0.2) is 41.7 Å². The number of carbonyl (C=O) groups is 1. The molecule has 0 radical (unpaired) electrons. The molecule has 2 aliphatic rings. The Labute approximate surface area is 96.9 Å². The maximum absolute atomic E-state index is 10.7. The van der Waals surface area contributed by atoms with Crippen molar-refractivity contribution in [2.45, 2.75) is 19.8 Å². The second-order valence-electron chi connectivity index (χ2n) is 3.62. The van der Waals surface area contributed by atoms with Crippen LogP contribution in [0.3, 0.4) is 0 Å². The second-order valence-corrected chi connectivity index (χ2v) is 3.62. The Bertz CT molecular complexity index is 297. The summed E-state index contributed by atoms with van der Waals surface area (Å²) < 4.78 is 0. The Kier molecular flexibility index (Phi) is 5.32. The number of carbonyl (C=O) groups excluding carboxylic acids is 1. The van der Waals surface area contributed by atoms with E-state index in [4.69, 9.17) is 0 Å². The Hall–Kier alpha value is -1.58. The van der Waals surface area contributed by atoms with Gasteiger partial charge < -0.3 is 9.80 Å². The van der Waals surface area contributed by atoms with E-state index in [9.17, 15) is 4.79 Å². The third kappa shape index (κ3) is 3.88. The summed E-state index contributed by atoms with van der Waals surface area (Å²) in [5.74, 6) is 0.208. The molecule has 0 unspecified atom stereocenters. The van der Waals surface area contributed by atoms with Gasteiger partial charge in [0.15, 0.2) is 0 Å². The van der Waals surface area contributed by atoms with Gasteiger partial charge in [0.05, 0.1) is 12.9 Å². The highest BCUT2D eigenvalue weighted by Crippen LogP contribution is 2.08. The van der Waals surface area contributed by atoms with Crippen LogP contribution in [0, 0.1) is 0 Å². The lowest BCUT2D eigenvalue weighted by Gasteiger charge is -2.05. The topological polar surface area (TPSA) is 35.9 Å². The van der Waals surface area contributed by atoms with Crippen LogP contribution in [0.2, 0.25) is 0 Å². The van der Waals surface area contributed by atoms with Gasteiger partial charge in [-0.15, -0.1) is 0 Å². The summed E-state index contributed by atoms with van der Waals surface area (Å²) in [4.78, 5) is 18.4. The molecule has 0 spiro atoms. The number of nitrogens with zero attached hydrogens (tertiary/aromatic N) is 3. The molecule has 88 valence electrons. The average molecular weight is 221 g/mol. The second kappa shape index (κ2) is 6.82. The minimum absolute atomic E-state index is 0.208. The number of amides is 1. The predicted octanol–water partition coefficient (Wildman–Crippen LogP) is 1.62. The molecule has 0 saturated carbocycles. The van der Waals surface area contributed by atoms with Gasteiger partial charge in [0, 0.05) is 25.7 Å². The zero-order valence-corrected chi connectivity index (χ0v) is 9.80. The Morgan fingerprint density at radius 2 is 2.31 bits per heavy atom. The minimum atomic E-state index is 0.208. The van der Waals surface area contributed by atoms with E-state index in [1.165, 1.54) is 0 Å². The van der Waals surface area contributed by atoms with Crippen molar-refractivity contribution in [3.63, 3.8) is 0 Å². The third-order valence-electron chi connectivity index (χ3n) is 2.39. The first-order valence-corrected chi connectivity index (χ1v) is 5.58. The van der Waals surface area contributed by atoms with Gasteiger partial charge in [0.25, 0.3) is 0 Å². The standard InChI is InChI=1S/C6H10N2.C6H9NO/c1-2-4-8-5-3-7-6-8;1-2-7-5-3-4-6(7)8/h2,4,6H,3,5H2,1H3;2H,1,3-5H2.